The zero-order valence-electron chi connectivity index (χ0n) is 9.70. The highest BCUT2D eigenvalue weighted by atomic mass is 16.3. The second-order valence-corrected chi connectivity index (χ2v) is 3.98. The Morgan fingerprint density at radius 3 is 2.78 bits per heavy atom. The Hall–Kier alpha value is -2.63. The van der Waals surface area contributed by atoms with Crippen molar-refractivity contribution in [2.45, 2.75) is 0 Å². The van der Waals surface area contributed by atoms with Crippen LogP contribution in [0, 0.1) is 0 Å². The maximum absolute atomic E-state index is 9.80. The van der Waals surface area contributed by atoms with Gasteiger partial charge in [0.1, 0.15) is 11.3 Å². The molecule has 90 valence electrons. The third kappa shape index (κ3) is 1.46. The standard InChI is InChI=1S/C12H11N5O/c1-17-6-14-9-10(13)15-11(16-12(9)17)7-4-2-3-5-8(7)18/h2-6,18H,1H3,(H2,13,15,16). The van der Waals surface area contributed by atoms with Crippen molar-refractivity contribution in [3.05, 3.63) is 30.6 Å². The fraction of sp³-hybridized carbons (Fsp3) is 0.0833. The van der Waals surface area contributed by atoms with E-state index in [4.69, 9.17) is 5.73 Å². The number of hydrogen-bond acceptors (Lipinski definition) is 5. The number of rotatable bonds is 1. The molecule has 0 fully saturated rings. The Morgan fingerprint density at radius 2 is 2.00 bits per heavy atom. The number of nitrogen functional groups attached to an aromatic ring is 1. The quantitative estimate of drug-likeness (QED) is 0.670. The summed E-state index contributed by atoms with van der Waals surface area (Å²) < 4.78 is 1.76. The van der Waals surface area contributed by atoms with Gasteiger partial charge in [0.2, 0.25) is 0 Å². The van der Waals surface area contributed by atoms with E-state index in [-0.39, 0.29) is 5.75 Å². The Kier molecular flexibility index (Phi) is 2.16. The van der Waals surface area contributed by atoms with Gasteiger partial charge < -0.3 is 15.4 Å². The zero-order valence-corrected chi connectivity index (χ0v) is 9.70. The highest BCUT2D eigenvalue weighted by molar-refractivity contribution is 5.84. The van der Waals surface area contributed by atoms with E-state index in [0.717, 1.165) is 0 Å². The summed E-state index contributed by atoms with van der Waals surface area (Å²) in [5, 5.41) is 9.80. The topological polar surface area (TPSA) is 89.9 Å². The molecular weight excluding hydrogens is 230 g/mol. The van der Waals surface area contributed by atoms with Gasteiger partial charge in [-0.1, -0.05) is 12.1 Å². The summed E-state index contributed by atoms with van der Waals surface area (Å²) in [5.74, 6) is 0.818. The van der Waals surface area contributed by atoms with Gasteiger partial charge in [-0.15, -0.1) is 0 Å². The van der Waals surface area contributed by atoms with Gasteiger partial charge >= 0.3 is 0 Å². The van der Waals surface area contributed by atoms with Crippen molar-refractivity contribution in [1.29, 1.82) is 0 Å². The number of imidazole rings is 1. The minimum atomic E-state index is 0.124. The molecule has 6 heteroatoms. The van der Waals surface area contributed by atoms with Crippen molar-refractivity contribution in [2.24, 2.45) is 7.05 Å². The third-order valence-electron chi connectivity index (χ3n) is 2.73. The summed E-state index contributed by atoms with van der Waals surface area (Å²) in [4.78, 5) is 12.7. The molecule has 0 spiro atoms. The summed E-state index contributed by atoms with van der Waals surface area (Å²) in [6, 6.07) is 6.88. The van der Waals surface area contributed by atoms with E-state index in [9.17, 15) is 5.11 Å². The Bertz CT molecular complexity index is 734. The monoisotopic (exact) mass is 241 g/mol. The number of nitrogens with two attached hydrogens (primary N) is 1. The number of fused-ring (bicyclic) bond motifs is 1. The van der Waals surface area contributed by atoms with Gasteiger partial charge in [0.15, 0.2) is 17.3 Å². The van der Waals surface area contributed by atoms with E-state index in [1.54, 1.807) is 29.1 Å². The molecule has 18 heavy (non-hydrogen) atoms. The number of aryl methyl sites for hydroxylation is 1. The van der Waals surface area contributed by atoms with Crippen LogP contribution in [0.1, 0.15) is 0 Å². The molecule has 0 saturated heterocycles. The van der Waals surface area contributed by atoms with Gasteiger partial charge in [0.25, 0.3) is 0 Å². The Labute approximate surface area is 103 Å². The largest absolute Gasteiger partial charge is 0.507 e. The molecule has 0 amide bonds. The van der Waals surface area contributed by atoms with Crippen molar-refractivity contribution in [3.8, 4) is 17.1 Å². The van der Waals surface area contributed by atoms with E-state index in [2.05, 4.69) is 15.0 Å². The maximum atomic E-state index is 9.80. The summed E-state index contributed by atoms with van der Waals surface area (Å²) in [6.07, 6.45) is 1.63. The minimum Gasteiger partial charge on any atom is -0.507 e. The third-order valence-corrected chi connectivity index (χ3v) is 2.73. The maximum Gasteiger partial charge on any atom is 0.167 e. The second-order valence-electron chi connectivity index (χ2n) is 3.98. The molecule has 0 saturated carbocycles. The number of aromatic hydroxyl groups is 1. The average Bonchev–Trinajstić information content (AvgIpc) is 2.72. The molecule has 6 nitrogen and oxygen atoms in total. The lowest BCUT2D eigenvalue weighted by Gasteiger charge is -2.04. The van der Waals surface area contributed by atoms with Gasteiger partial charge in [-0.05, 0) is 12.1 Å². The Balaban J connectivity index is 2.31. The number of phenols is 1. The van der Waals surface area contributed by atoms with Crippen LogP contribution in [0.15, 0.2) is 30.6 Å². The van der Waals surface area contributed by atoms with Crippen LogP contribution >= 0.6 is 0 Å². The molecule has 0 aliphatic rings. The van der Waals surface area contributed by atoms with Crippen LogP contribution < -0.4 is 5.73 Å². The number of para-hydroxylation sites is 1. The van der Waals surface area contributed by atoms with E-state index in [1.807, 2.05) is 13.1 Å². The van der Waals surface area contributed by atoms with Crippen LogP contribution in [0.25, 0.3) is 22.6 Å². The number of aromatic nitrogens is 4. The molecule has 0 bridgehead atoms. The SMILES string of the molecule is Cn1cnc2c(N)nc(-c3ccccc3O)nc21. The molecule has 3 aromatic rings. The minimum absolute atomic E-state index is 0.124. The van der Waals surface area contributed by atoms with Crippen molar-refractivity contribution in [1.82, 2.24) is 19.5 Å². The lowest BCUT2D eigenvalue weighted by molar-refractivity contribution is 0.477. The first-order valence-corrected chi connectivity index (χ1v) is 5.39. The van der Waals surface area contributed by atoms with Crippen LogP contribution in [0.4, 0.5) is 5.82 Å². The van der Waals surface area contributed by atoms with E-state index in [0.29, 0.717) is 28.4 Å². The summed E-state index contributed by atoms with van der Waals surface area (Å²) in [6.45, 7) is 0. The molecule has 3 N–H and O–H groups in total. The number of nitrogens with zero attached hydrogens (tertiary/aromatic N) is 4. The molecule has 1 aromatic carbocycles. The van der Waals surface area contributed by atoms with E-state index >= 15 is 0 Å². The highest BCUT2D eigenvalue weighted by Gasteiger charge is 2.12. The highest BCUT2D eigenvalue weighted by Crippen LogP contribution is 2.28. The van der Waals surface area contributed by atoms with Gasteiger partial charge in [0.05, 0.1) is 11.9 Å². The van der Waals surface area contributed by atoms with Crippen LogP contribution in [0.2, 0.25) is 0 Å². The molecule has 0 unspecified atom stereocenters. The van der Waals surface area contributed by atoms with E-state index in [1.165, 1.54) is 0 Å². The average molecular weight is 241 g/mol. The molecule has 0 aliphatic heterocycles. The molecule has 3 rings (SSSR count). The zero-order chi connectivity index (χ0) is 12.7. The number of phenolic OH excluding ortho intramolecular Hbond substituents is 1. The predicted octanol–water partition coefficient (Wildman–Crippen LogP) is 1.32. The summed E-state index contributed by atoms with van der Waals surface area (Å²) >= 11 is 0. The normalized spacial score (nSPS) is 10.9. The van der Waals surface area contributed by atoms with Crippen LogP contribution in [0.3, 0.4) is 0 Å². The first-order valence-electron chi connectivity index (χ1n) is 5.39. The van der Waals surface area contributed by atoms with Crippen LogP contribution in [-0.2, 0) is 7.05 Å². The number of benzene rings is 1. The van der Waals surface area contributed by atoms with Crippen molar-refractivity contribution < 1.29 is 5.11 Å². The van der Waals surface area contributed by atoms with Gasteiger partial charge in [-0.2, -0.15) is 0 Å². The van der Waals surface area contributed by atoms with Crippen LogP contribution in [0.5, 0.6) is 5.75 Å². The first-order chi connectivity index (χ1) is 8.66. The molecule has 2 heterocycles. The molecule has 0 atom stereocenters. The van der Waals surface area contributed by atoms with Gasteiger partial charge in [0, 0.05) is 7.05 Å². The molecule has 2 aromatic heterocycles. The van der Waals surface area contributed by atoms with Crippen molar-refractivity contribution in [2.75, 3.05) is 5.73 Å². The number of hydrogen-bond donors (Lipinski definition) is 2. The smallest absolute Gasteiger partial charge is 0.167 e. The predicted molar refractivity (Wildman–Crippen MR) is 67.8 cm³/mol. The Morgan fingerprint density at radius 1 is 1.22 bits per heavy atom. The number of anilines is 1. The van der Waals surface area contributed by atoms with E-state index < -0.39 is 0 Å². The molecular formula is C12H11N5O. The summed E-state index contributed by atoms with van der Waals surface area (Å²) in [7, 11) is 1.83. The molecule has 0 aliphatic carbocycles. The first kappa shape index (κ1) is 10.5. The van der Waals surface area contributed by atoms with Gasteiger partial charge in [-0.25, -0.2) is 15.0 Å². The van der Waals surface area contributed by atoms with Crippen LogP contribution in [-0.4, -0.2) is 24.6 Å². The van der Waals surface area contributed by atoms with Gasteiger partial charge in [-0.3, -0.25) is 0 Å². The summed E-state index contributed by atoms with van der Waals surface area (Å²) in [5.41, 5.74) is 7.60. The van der Waals surface area contributed by atoms with Crippen molar-refractivity contribution >= 4 is 17.0 Å². The fourth-order valence-corrected chi connectivity index (χ4v) is 1.81. The lowest BCUT2D eigenvalue weighted by Crippen LogP contribution is -1.99. The lowest BCUT2D eigenvalue weighted by atomic mass is 10.2. The second kappa shape index (κ2) is 3.69. The van der Waals surface area contributed by atoms with Crippen molar-refractivity contribution in [3.63, 3.8) is 0 Å². The molecule has 0 radical (unpaired) electrons. The fourth-order valence-electron chi connectivity index (χ4n) is 1.81.